The van der Waals surface area contributed by atoms with Crippen LogP contribution in [0.25, 0.3) is 76.8 Å². The van der Waals surface area contributed by atoms with Crippen LogP contribution in [0.15, 0.2) is 121 Å². The summed E-state index contributed by atoms with van der Waals surface area (Å²) in [7, 11) is 0. The van der Waals surface area contributed by atoms with Gasteiger partial charge in [-0.3, -0.25) is 0 Å². The van der Waals surface area contributed by atoms with Gasteiger partial charge in [-0.2, -0.15) is 26.3 Å². The maximum Gasteiger partial charge on any atom is 0.416 e. The molecule has 0 saturated carbocycles. The molecule has 0 fully saturated rings. The molecule has 0 bridgehead atoms. The van der Waals surface area contributed by atoms with E-state index in [1.807, 2.05) is 48.5 Å². The second-order valence-corrected chi connectivity index (χ2v) is 20.0. The molecule has 0 radical (unpaired) electrons. The number of rotatable bonds is 2. The van der Waals surface area contributed by atoms with E-state index in [-0.39, 0.29) is 11.5 Å². The van der Waals surface area contributed by atoms with Crippen molar-refractivity contribution in [2.45, 2.75) is 53.9 Å². The second kappa shape index (κ2) is 13.7. The zero-order valence-corrected chi connectivity index (χ0v) is 38.8. The molecule has 70 heavy (non-hydrogen) atoms. The maximum absolute atomic E-state index is 15.2. The molecule has 0 aliphatic carbocycles. The van der Waals surface area contributed by atoms with Gasteiger partial charge in [0.05, 0.1) is 11.1 Å². The van der Waals surface area contributed by atoms with E-state index in [0.29, 0.717) is 44.7 Å². The molecule has 0 spiro atoms. The first-order chi connectivity index (χ1) is 33.4. The van der Waals surface area contributed by atoms with E-state index in [0.717, 1.165) is 122 Å². The highest BCUT2D eigenvalue weighted by Gasteiger charge is 2.46. The van der Waals surface area contributed by atoms with Crippen LogP contribution in [0, 0.1) is 41.5 Å². The Balaban J connectivity index is 1.27. The number of halogens is 6. The molecule has 0 saturated heterocycles. The molecule has 4 aliphatic heterocycles. The fourth-order valence-electron chi connectivity index (χ4n) is 13.4. The lowest BCUT2D eigenvalue weighted by Crippen LogP contribution is -2.58. The first kappa shape index (κ1) is 41.5. The van der Waals surface area contributed by atoms with Gasteiger partial charge in [-0.15, -0.1) is 0 Å². The highest BCUT2D eigenvalue weighted by molar-refractivity contribution is 7.01. The number of benzene rings is 10. The van der Waals surface area contributed by atoms with Crippen LogP contribution < -0.4 is 42.3 Å². The molecule has 4 heterocycles. The van der Waals surface area contributed by atoms with Crippen LogP contribution >= 0.6 is 0 Å². The summed E-state index contributed by atoms with van der Waals surface area (Å²) in [6.07, 6.45) is -9.36. The van der Waals surface area contributed by atoms with E-state index in [9.17, 15) is 0 Å². The minimum Gasteiger partial charge on any atom is -0.458 e. The van der Waals surface area contributed by atoms with Crippen molar-refractivity contribution in [3.63, 3.8) is 0 Å². The number of hydrogen-bond acceptors (Lipinski definition) is 2. The van der Waals surface area contributed by atoms with Crippen LogP contribution in [0.2, 0.25) is 0 Å². The van der Waals surface area contributed by atoms with E-state index in [1.165, 1.54) is 12.1 Å². The predicted molar refractivity (Wildman–Crippen MR) is 273 cm³/mol. The largest absolute Gasteiger partial charge is 0.458 e. The Kier molecular flexibility index (Phi) is 8.10. The number of fused-ring (bicyclic) bond motifs is 8. The van der Waals surface area contributed by atoms with E-state index in [4.69, 9.17) is 9.47 Å². The minimum atomic E-state index is -4.68. The molecule has 338 valence electrons. The van der Waals surface area contributed by atoms with E-state index in [2.05, 4.69) is 90.1 Å². The molecule has 4 aliphatic rings. The average molecular weight is 927 g/mol. The number of alkyl halides is 6. The van der Waals surface area contributed by atoms with Crippen molar-refractivity contribution in [3.05, 3.63) is 166 Å². The Labute approximate surface area is 400 Å². The fourth-order valence-corrected chi connectivity index (χ4v) is 13.4. The summed E-state index contributed by atoms with van der Waals surface area (Å²) >= 11 is 0. The van der Waals surface area contributed by atoms with Gasteiger partial charge in [-0.25, -0.2) is 0 Å². The molecular weight excluding hydrogens is 888 g/mol. The third-order valence-corrected chi connectivity index (χ3v) is 15.7. The standard InChI is InChI=1S/C60H38B2F6O2/c1-27-15-29(3)51(30(4)16-27)35-23-37-41-19-33(59(63,64)65)21-49-57(41)62(44-12-8-10-14-48(44)69-49)46-26-40-36(52-31(5)17-28(2)18-32(52)6)24-38-42-20-34(60(66,67)68)22-50-58(42)61(43-11-7-9-13-47(43)70-50)45-25-39(35)55(53(37)46)56(40)54(38)45/h7-26H,1-6H3. The lowest BCUT2D eigenvalue weighted by atomic mass is 9.31. The van der Waals surface area contributed by atoms with Crippen molar-refractivity contribution in [1.82, 2.24) is 0 Å². The van der Waals surface area contributed by atoms with Crippen molar-refractivity contribution < 1.29 is 35.8 Å². The Morgan fingerprint density at radius 3 is 1.10 bits per heavy atom. The van der Waals surface area contributed by atoms with E-state index >= 15 is 26.3 Å². The first-order valence-corrected chi connectivity index (χ1v) is 23.5. The van der Waals surface area contributed by atoms with Crippen LogP contribution in [0.1, 0.15) is 44.5 Å². The summed E-state index contributed by atoms with van der Waals surface area (Å²) in [6.45, 7) is 11.4. The number of aryl methyl sites for hydroxylation is 6. The van der Waals surface area contributed by atoms with Gasteiger partial charge >= 0.3 is 12.4 Å². The first-order valence-electron chi connectivity index (χ1n) is 23.5. The average Bonchev–Trinajstić information content (AvgIpc) is 3.30. The summed E-state index contributed by atoms with van der Waals surface area (Å²) < 4.78 is 104. The van der Waals surface area contributed by atoms with Gasteiger partial charge < -0.3 is 9.47 Å². The van der Waals surface area contributed by atoms with Crippen LogP contribution in [0.3, 0.4) is 0 Å². The molecule has 0 unspecified atom stereocenters. The highest BCUT2D eigenvalue weighted by atomic mass is 19.4. The monoisotopic (exact) mass is 926 g/mol. The number of para-hydroxylation sites is 2. The fraction of sp³-hybridized carbons (Fsp3) is 0.133. The van der Waals surface area contributed by atoms with Gasteiger partial charge in [0.2, 0.25) is 0 Å². The summed E-state index contributed by atoms with van der Waals surface area (Å²) in [6, 6.07) is 37.3. The van der Waals surface area contributed by atoms with Crippen molar-refractivity contribution in [2.24, 2.45) is 0 Å². The van der Waals surface area contributed by atoms with Gasteiger partial charge in [0, 0.05) is 0 Å². The minimum absolute atomic E-state index is 0.164. The zero-order chi connectivity index (χ0) is 48.2. The highest BCUT2D eigenvalue weighted by Crippen LogP contribution is 2.53. The Bertz CT molecular complexity index is 3760. The molecule has 10 heteroatoms. The molecule has 0 atom stereocenters. The molecule has 10 aromatic carbocycles. The third-order valence-electron chi connectivity index (χ3n) is 15.7. The molecular formula is C60H38B2F6O2. The quantitative estimate of drug-likeness (QED) is 0.0977. The Morgan fingerprint density at radius 1 is 0.357 bits per heavy atom. The molecule has 2 nitrogen and oxygen atoms in total. The Hall–Kier alpha value is -7.45. The summed E-state index contributed by atoms with van der Waals surface area (Å²) in [5, 5.41) is 5.22. The van der Waals surface area contributed by atoms with Crippen molar-refractivity contribution in [1.29, 1.82) is 0 Å². The van der Waals surface area contributed by atoms with Crippen molar-refractivity contribution in [2.75, 3.05) is 0 Å². The number of ether oxygens (including phenoxy) is 2. The Morgan fingerprint density at radius 2 is 0.729 bits per heavy atom. The second-order valence-electron chi connectivity index (χ2n) is 20.0. The van der Waals surface area contributed by atoms with Gasteiger partial charge in [-0.05, 0) is 211 Å². The normalized spacial score (nSPS) is 13.9. The van der Waals surface area contributed by atoms with Crippen LogP contribution in [0.4, 0.5) is 26.3 Å². The molecule has 0 aromatic heterocycles. The molecule has 0 amide bonds. The van der Waals surface area contributed by atoms with E-state index in [1.54, 1.807) is 0 Å². The zero-order valence-electron chi connectivity index (χ0n) is 38.8. The predicted octanol–water partition coefficient (Wildman–Crippen LogP) is 13.0. The third kappa shape index (κ3) is 5.45. The SMILES string of the molecule is Cc1cc(C)c(-c2cc3c4c(cc5c(-c6c(C)cc(C)cc6C)cc6c7c(cc2c4c57)B2c4ccccc4Oc4cc(C(F)(F)F)cc-6c42)B2c4ccccc4Oc4cc(C(F)(F)F)cc-3c42)c(C)c1. The van der Waals surface area contributed by atoms with Gasteiger partial charge in [0.25, 0.3) is 13.4 Å². The van der Waals surface area contributed by atoms with Gasteiger partial charge in [0.1, 0.15) is 23.0 Å². The van der Waals surface area contributed by atoms with Gasteiger partial charge in [-0.1, -0.05) is 94.8 Å². The summed E-state index contributed by atoms with van der Waals surface area (Å²) in [4.78, 5) is 0. The van der Waals surface area contributed by atoms with Gasteiger partial charge in [0.15, 0.2) is 0 Å². The van der Waals surface area contributed by atoms with Crippen LogP contribution in [-0.2, 0) is 12.4 Å². The van der Waals surface area contributed by atoms with Crippen LogP contribution in [0.5, 0.6) is 23.0 Å². The lowest BCUT2D eigenvalue weighted by molar-refractivity contribution is -0.138. The smallest absolute Gasteiger partial charge is 0.416 e. The summed E-state index contributed by atoms with van der Waals surface area (Å²) in [5.41, 5.74) is 15.4. The topological polar surface area (TPSA) is 18.5 Å². The lowest BCUT2D eigenvalue weighted by Gasteiger charge is -2.38. The van der Waals surface area contributed by atoms with Crippen molar-refractivity contribution in [3.8, 4) is 67.5 Å². The maximum atomic E-state index is 15.2. The van der Waals surface area contributed by atoms with Crippen molar-refractivity contribution >= 4 is 78.5 Å². The molecule has 14 rings (SSSR count). The summed E-state index contributed by atoms with van der Waals surface area (Å²) in [5.74, 6) is 1.30. The van der Waals surface area contributed by atoms with Crippen LogP contribution in [-0.4, -0.2) is 13.4 Å². The molecule has 0 N–H and O–H groups in total. The van der Waals surface area contributed by atoms with E-state index < -0.39 is 36.9 Å². The number of hydrogen-bond donors (Lipinski definition) is 0. The molecule has 10 aromatic rings.